The van der Waals surface area contributed by atoms with Crippen LogP contribution in [0.25, 0.3) is 0 Å². The maximum Gasteiger partial charge on any atom is 0.323 e. The SMILES string of the molecule is COc1c(OC(C)=O)ccc(/C=N\NC(=O)COc2ccccc2)c1[N+](=O)[O-]. The lowest BCUT2D eigenvalue weighted by Gasteiger charge is -2.09. The molecule has 2 aromatic carbocycles. The maximum atomic E-state index is 11.8. The lowest BCUT2D eigenvalue weighted by atomic mass is 10.1. The number of hydrogen-bond acceptors (Lipinski definition) is 8. The summed E-state index contributed by atoms with van der Waals surface area (Å²) in [7, 11) is 1.21. The molecule has 0 heterocycles. The number of esters is 1. The monoisotopic (exact) mass is 387 g/mol. The van der Waals surface area contributed by atoms with Gasteiger partial charge in [0.2, 0.25) is 5.75 Å². The molecule has 0 spiro atoms. The van der Waals surface area contributed by atoms with Gasteiger partial charge in [-0.15, -0.1) is 0 Å². The van der Waals surface area contributed by atoms with Gasteiger partial charge in [0.25, 0.3) is 5.91 Å². The van der Waals surface area contributed by atoms with Crippen molar-refractivity contribution >= 4 is 23.8 Å². The van der Waals surface area contributed by atoms with Crippen LogP contribution in [0.5, 0.6) is 17.2 Å². The first-order valence-corrected chi connectivity index (χ1v) is 7.96. The molecule has 10 nitrogen and oxygen atoms in total. The number of para-hydroxylation sites is 1. The Morgan fingerprint density at radius 3 is 2.54 bits per heavy atom. The predicted molar refractivity (Wildman–Crippen MR) is 98.6 cm³/mol. The van der Waals surface area contributed by atoms with Crippen LogP contribution in [0.4, 0.5) is 5.69 Å². The molecule has 0 bridgehead atoms. The van der Waals surface area contributed by atoms with Gasteiger partial charge in [-0.2, -0.15) is 5.10 Å². The summed E-state index contributed by atoms with van der Waals surface area (Å²) in [6.07, 6.45) is 1.08. The number of nitrogens with one attached hydrogen (secondary N) is 1. The number of ether oxygens (including phenoxy) is 3. The highest BCUT2D eigenvalue weighted by molar-refractivity contribution is 5.90. The molecule has 0 aromatic heterocycles. The van der Waals surface area contributed by atoms with Gasteiger partial charge in [0.15, 0.2) is 12.4 Å². The van der Waals surface area contributed by atoms with Crippen molar-refractivity contribution in [3.05, 3.63) is 58.1 Å². The first-order valence-electron chi connectivity index (χ1n) is 7.96. The first kappa shape index (κ1) is 20.4. The van der Waals surface area contributed by atoms with E-state index in [-0.39, 0.29) is 23.7 Å². The third-order valence-corrected chi connectivity index (χ3v) is 3.27. The minimum Gasteiger partial charge on any atom is -0.488 e. The molecule has 10 heteroatoms. The molecule has 0 saturated carbocycles. The minimum atomic E-state index is -0.701. The fourth-order valence-corrected chi connectivity index (χ4v) is 2.16. The number of carbonyl (C=O) groups excluding carboxylic acids is 2. The van der Waals surface area contributed by atoms with Crippen LogP contribution in [-0.4, -0.2) is 36.7 Å². The zero-order valence-electron chi connectivity index (χ0n) is 15.1. The summed E-state index contributed by atoms with van der Waals surface area (Å²) < 4.78 is 15.2. The molecule has 0 fully saturated rings. The van der Waals surface area contributed by atoms with E-state index in [0.717, 1.165) is 13.1 Å². The highest BCUT2D eigenvalue weighted by Crippen LogP contribution is 2.39. The van der Waals surface area contributed by atoms with Crippen molar-refractivity contribution in [1.82, 2.24) is 5.43 Å². The molecular formula is C18H17N3O7. The number of hydrogen-bond donors (Lipinski definition) is 1. The van der Waals surface area contributed by atoms with Crippen molar-refractivity contribution in [2.45, 2.75) is 6.92 Å². The molecule has 146 valence electrons. The van der Waals surface area contributed by atoms with Gasteiger partial charge in [0.1, 0.15) is 5.75 Å². The van der Waals surface area contributed by atoms with Crippen LogP contribution in [0, 0.1) is 10.1 Å². The van der Waals surface area contributed by atoms with Crippen molar-refractivity contribution < 1.29 is 28.7 Å². The van der Waals surface area contributed by atoms with E-state index in [1.54, 1.807) is 24.3 Å². The van der Waals surface area contributed by atoms with E-state index in [4.69, 9.17) is 14.2 Å². The quantitative estimate of drug-likeness (QED) is 0.241. The van der Waals surface area contributed by atoms with E-state index in [1.165, 1.54) is 19.2 Å². The van der Waals surface area contributed by atoms with Gasteiger partial charge in [-0.1, -0.05) is 18.2 Å². The normalized spacial score (nSPS) is 10.4. The average molecular weight is 387 g/mol. The van der Waals surface area contributed by atoms with Gasteiger partial charge in [-0.05, 0) is 24.3 Å². The Kier molecular flexibility index (Phi) is 7.03. The van der Waals surface area contributed by atoms with E-state index in [2.05, 4.69) is 10.5 Å². The molecule has 0 radical (unpaired) electrons. The van der Waals surface area contributed by atoms with Crippen LogP contribution in [0.15, 0.2) is 47.6 Å². The van der Waals surface area contributed by atoms with Gasteiger partial charge < -0.3 is 14.2 Å². The predicted octanol–water partition coefficient (Wildman–Crippen LogP) is 2.06. The van der Waals surface area contributed by atoms with Gasteiger partial charge in [-0.25, -0.2) is 5.43 Å². The van der Waals surface area contributed by atoms with Crippen LogP contribution in [0.2, 0.25) is 0 Å². The maximum absolute atomic E-state index is 11.8. The zero-order valence-corrected chi connectivity index (χ0v) is 15.1. The van der Waals surface area contributed by atoms with Crippen molar-refractivity contribution in [2.24, 2.45) is 5.10 Å². The van der Waals surface area contributed by atoms with Gasteiger partial charge in [0, 0.05) is 6.92 Å². The molecule has 0 aliphatic rings. The molecular weight excluding hydrogens is 370 g/mol. The van der Waals surface area contributed by atoms with Crippen LogP contribution in [-0.2, 0) is 9.59 Å². The van der Waals surface area contributed by atoms with Gasteiger partial charge >= 0.3 is 11.7 Å². The number of carbonyl (C=O) groups is 2. The summed E-state index contributed by atoms with van der Waals surface area (Å²) in [4.78, 5) is 33.6. The Labute approximate surface area is 159 Å². The summed E-state index contributed by atoms with van der Waals surface area (Å²) in [5.74, 6) is -1.02. The zero-order chi connectivity index (χ0) is 20.5. The molecule has 0 unspecified atom stereocenters. The number of methoxy groups -OCH3 is 1. The number of amides is 1. The lowest BCUT2D eigenvalue weighted by molar-refractivity contribution is -0.385. The molecule has 1 amide bonds. The Balaban J connectivity index is 2.10. The third-order valence-electron chi connectivity index (χ3n) is 3.27. The molecule has 0 aliphatic carbocycles. The molecule has 2 aromatic rings. The fraction of sp³-hybridized carbons (Fsp3) is 0.167. The summed E-state index contributed by atoms with van der Waals surface area (Å²) in [5, 5.41) is 15.1. The standard InChI is InChI=1S/C18H17N3O7/c1-12(22)28-15-9-8-13(17(21(24)25)18(15)26-2)10-19-20-16(23)11-27-14-6-4-3-5-7-14/h3-10H,11H2,1-2H3,(H,20,23)/b19-10-. The van der Waals surface area contributed by atoms with E-state index in [9.17, 15) is 19.7 Å². The van der Waals surface area contributed by atoms with Crippen molar-refractivity contribution in [2.75, 3.05) is 13.7 Å². The Hall–Kier alpha value is -3.95. The second-order valence-electron chi connectivity index (χ2n) is 5.28. The van der Waals surface area contributed by atoms with Gasteiger partial charge in [-0.3, -0.25) is 19.7 Å². The molecule has 0 aliphatic heterocycles. The second kappa shape index (κ2) is 9.67. The van der Waals surface area contributed by atoms with Gasteiger partial charge in [0.05, 0.1) is 23.8 Å². The summed E-state index contributed by atoms with van der Waals surface area (Å²) in [6.45, 7) is 0.881. The van der Waals surface area contributed by atoms with Crippen LogP contribution in [0.3, 0.4) is 0 Å². The number of rotatable bonds is 8. The summed E-state index contributed by atoms with van der Waals surface area (Å²) >= 11 is 0. The van der Waals surface area contributed by atoms with E-state index < -0.39 is 22.5 Å². The summed E-state index contributed by atoms with van der Waals surface area (Å²) in [5.41, 5.74) is 1.79. The highest BCUT2D eigenvalue weighted by atomic mass is 16.6. The molecule has 2 rings (SSSR count). The average Bonchev–Trinajstić information content (AvgIpc) is 2.67. The largest absolute Gasteiger partial charge is 0.488 e. The number of nitro groups is 1. The van der Waals surface area contributed by atoms with Crippen molar-refractivity contribution in [3.8, 4) is 17.2 Å². The van der Waals surface area contributed by atoms with Crippen LogP contribution >= 0.6 is 0 Å². The van der Waals surface area contributed by atoms with E-state index >= 15 is 0 Å². The van der Waals surface area contributed by atoms with E-state index in [0.29, 0.717) is 5.75 Å². The van der Waals surface area contributed by atoms with Crippen molar-refractivity contribution in [1.29, 1.82) is 0 Å². The Bertz CT molecular complexity index is 898. The fourth-order valence-electron chi connectivity index (χ4n) is 2.16. The topological polar surface area (TPSA) is 129 Å². The second-order valence-corrected chi connectivity index (χ2v) is 5.28. The number of benzene rings is 2. The minimum absolute atomic E-state index is 0.0435. The number of nitrogens with zero attached hydrogens (tertiary/aromatic N) is 2. The van der Waals surface area contributed by atoms with E-state index in [1.807, 2.05) is 6.07 Å². The molecule has 1 N–H and O–H groups in total. The first-order chi connectivity index (χ1) is 13.4. The number of hydrazone groups is 1. The van der Waals surface area contributed by atoms with Crippen molar-refractivity contribution in [3.63, 3.8) is 0 Å². The lowest BCUT2D eigenvalue weighted by Crippen LogP contribution is -2.24. The molecule has 28 heavy (non-hydrogen) atoms. The summed E-state index contributed by atoms with van der Waals surface area (Å²) in [6, 6.07) is 11.4. The van der Waals surface area contributed by atoms with Crippen LogP contribution < -0.4 is 19.6 Å². The third kappa shape index (κ3) is 5.53. The molecule has 0 saturated heterocycles. The van der Waals surface area contributed by atoms with Crippen LogP contribution in [0.1, 0.15) is 12.5 Å². The molecule has 0 atom stereocenters. The highest BCUT2D eigenvalue weighted by Gasteiger charge is 2.25. The smallest absolute Gasteiger partial charge is 0.323 e. The Morgan fingerprint density at radius 1 is 1.21 bits per heavy atom. The Morgan fingerprint density at radius 2 is 1.93 bits per heavy atom. The number of nitro benzene ring substituents is 1.